The maximum absolute atomic E-state index is 6.20. The highest BCUT2D eigenvalue weighted by Gasteiger charge is 2.32. The topological polar surface area (TPSA) is 9.23 Å². The molecule has 1 rings (SSSR count). The first-order valence-electron chi connectivity index (χ1n) is 6.99. The molecule has 0 heterocycles. The van der Waals surface area contributed by atoms with Gasteiger partial charge in [-0.25, -0.2) is 0 Å². The van der Waals surface area contributed by atoms with Crippen molar-refractivity contribution in [2.24, 2.45) is 5.92 Å². The molecule has 0 saturated carbocycles. The van der Waals surface area contributed by atoms with Gasteiger partial charge in [0.15, 0.2) is 0 Å². The highest BCUT2D eigenvalue weighted by atomic mass is 79.9. The number of hydrogen-bond acceptors (Lipinski definition) is 1. The SMILES string of the molecule is C=CCC(CC=C)C(C=C)(C=C)OCc1ccccc1Br. The molecule has 0 unspecified atom stereocenters. The van der Waals surface area contributed by atoms with Crippen molar-refractivity contribution < 1.29 is 4.74 Å². The maximum atomic E-state index is 6.20. The Kier molecular flexibility index (Phi) is 7.41. The van der Waals surface area contributed by atoms with Crippen LogP contribution in [0.15, 0.2) is 79.4 Å². The molecular weight excluding hydrogens is 324 g/mol. The minimum atomic E-state index is -0.586. The van der Waals surface area contributed by atoms with Gasteiger partial charge in [-0.05, 0) is 24.5 Å². The van der Waals surface area contributed by atoms with Gasteiger partial charge >= 0.3 is 0 Å². The summed E-state index contributed by atoms with van der Waals surface area (Å²) in [5.74, 6) is 0.199. The van der Waals surface area contributed by atoms with E-state index in [1.165, 1.54) is 0 Å². The molecule has 0 aliphatic heterocycles. The van der Waals surface area contributed by atoms with Gasteiger partial charge in [-0.2, -0.15) is 0 Å². The van der Waals surface area contributed by atoms with Crippen LogP contribution in [0.5, 0.6) is 0 Å². The van der Waals surface area contributed by atoms with Crippen LogP contribution in [-0.2, 0) is 11.3 Å². The summed E-state index contributed by atoms with van der Waals surface area (Å²) in [6.45, 7) is 16.0. The quantitative estimate of drug-likeness (QED) is 0.483. The molecule has 0 fully saturated rings. The molecule has 1 nitrogen and oxygen atoms in total. The molecular formula is C19H23BrO. The van der Waals surface area contributed by atoms with Gasteiger partial charge in [-0.1, -0.05) is 71.6 Å². The molecule has 0 aliphatic carbocycles. The summed E-state index contributed by atoms with van der Waals surface area (Å²) in [5, 5.41) is 0. The lowest BCUT2D eigenvalue weighted by molar-refractivity contribution is -0.0248. The molecule has 0 aliphatic rings. The van der Waals surface area contributed by atoms with Gasteiger partial charge in [0, 0.05) is 10.4 Å². The second kappa shape index (κ2) is 8.81. The van der Waals surface area contributed by atoms with Crippen LogP contribution in [0.2, 0.25) is 0 Å². The van der Waals surface area contributed by atoms with Gasteiger partial charge in [0.1, 0.15) is 5.60 Å². The molecule has 112 valence electrons. The lowest BCUT2D eigenvalue weighted by Gasteiger charge is -2.35. The smallest absolute Gasteiger partial charge is 0.108 e. The minimum absolute atomic E-state index is 0.199. The molecule has 0 spiro atoms. The van der Waals surface area contributed by atoms with Crippen LogP contribution in [0.25, 0.3) is 0 Å². The van der Waals surface area contributed by atoms with Crippen LogP contribution in [0.3, 0.4) is 0 Å². The summed E-state index contributed by atoms with van der Waals surface area (Å²) in [4.78, 5) is 0. The Morgan fingerprint density at radius 2 is 1.62 bits per heavy atom. The van der Waals surface area contributed by atoms with Crippen molar-refractivity contribution in [3.8, 4) is 0 Å². The van der Waals surface area contributed by atoms with E-state index in [4.69, 9.17) is 4.74 Å². The van der Waals surface area contributed by atoms with Crippen LogP contribution in [-0.4, -0.2) is 5.60 Å². The predicted octanol–water partition coefficient (Wildman–Crippen LogP) is 5.84. The van der Waals surface area contributed by atoms with E-state index in [9.17, 15) is 0 Å². The average Bonchev–Trinajstić information content (AvgIpc) is 2.50. The largest absolute Gasteiger partial charge is 0.362 e. The van der Waals surface area contributed by atoms with Gasteiger partial charge in [0.25, 0.3) is 0 Å². The Bertz CT molecular complexity index is 486. The number of hydrogen-bond donors (Lipinski definition) is 0. The molecule has 21 heavy (non-hydrogen) atoms. The number of ether oxygens (including phenoxy) is 1. The molecule has 1 aromatic carbocycles. The van der Waals surface area contributed by atoms with E-state index >= 15 is 0 Å². The number of benzene rings is 1. The summed E-state index contributed by atoms with van der Waals surface area (Å²) in [6, 6.07) is 8.03. The predicted molar refractivity (Wildman–Crippen MR) is 95.2 cm³/mol. The molecule has 0 radical (unpaired) electrons. The van der Waals surface area contributed by atoms with Gasteiger partial charge in [-0.15, -0.1) is 13.2 Å². The van der Waals surface area contributed by atoms with E-state index < -0.39 is 5.60 Å². The van der Waals surface area contributed by atoms with Crippen molar-refractivity contribution in [2.75, 3.05) is 0 Å². The second-order valence-corrected chi connectivity index (χ2v) is 5.74. The standard InChI is InChI=1S/C19H23BrO/c1-5-11-17(12-6-2)19(7-3,8-4)21-15-16-13-9-10-14-18(16)20/h5-10,13-14,17H,1-4,11-12,15H2. The third-order valence-corrected chi connectivity index (χ3v) is 4.39. The van der Waals surface area contributed by atoms with Gasteiger partial charge in [-0.3, -0.25) is 0 Å². The zero-order valence-electron chi connectivity index (χ0n) is 12.4. The second-order valence-electron chi connectivity index (χ2n) is 4.89. The van der Waals surface area contributed by atoms with Crippen molar-refractivity contribution >= 4 is 15.9 Å². The molecule has 2 heteroatoms. The van der Waals surface area contributed by atoms with Gasteiger partial charge in [0.05, 0.1) is 6.61 Å². The first-order valence-corrected chi connectivity index (χ1v) is 7.79. The summed E-state index contributed by atoms with van der Waals surface area (Å²) >= 11 is 3.54. The van der Waals surface area contributed by atoms with Gasteiger partial charge in [0.2, 0.25) is 0 Å². The Labute approximate surface area is 136 Å². The van der Waals surface area contributed by atoms with Crippen LogP contribution in [0.4, 0.5) is 0 Å². The van der Waals surface area contributed by atoms with Crippen LogP contribution in [0, 0.1) is 5.92 Å². The number of rotatable bonds is 10. The zero-order chi connectivity index (χ0) is 15.7. The van der Waals surface area contributed by atoms with Crippen LogP contribution < -0.4 is 0 Å². The summed E-state index contributed by atoms with van der Waals surface area (Å²) in [5.41, 5.74) is 0.513. The lowest BCUT2D eigenvalue weighted by Crippen LogP contribution is -2.36. The fourth-order valence-electron chi connectivity index (χ4n) is 2.34. The first kappa shape index (κ1) is 17.7. The van der Waals surface area contributed by atoms with Crippen LogP contribution in [0.1, 0.15) is 18.4 Å². The minimum Gasteiger partial charge on any atom is -0.362 e. The van der Waals surface area contributed by atoms with E-state index in [0.29, 0.717) is 6.61 Å². The van der Waals surface area contributed by atoms with E-state index in [-0.39, 0.29) is 5.92 Å². The number of allylic oxidation sites excluding steroid dienone is 2. The Morgan fingerprint density at radius 3 is 2.10 bits per heavy atom. The van der Waals surface area contributed by atoms with Crippen molar-refractivity contribution in [1.82, 2.24) is 0 Å². The number of halogens is 1. The Hall–Kier alpha value is -1.38. The summed E-state index contributed by atoms with van der Waals surface area (Å²) < 4.78 is 7.24. The molecule has 0 atom stereocenters. The molecule has 0 aromatic heterocycles. The zero-order valence-corrected chi connectivity index (χ0v) is 14.0. The Balaban J connectivity index is 2.96. The van der Waals surface area contributed by atoms with Crippen molar-refractivity contribution in [3.63, 3.8) is 0 Å². The van der Waals surface area contributed by atoms with Crippen molar-refractivity contribution in [2.45, 2.75) is 25.0 Å². The molecule has 0 N–H and O–H groups in total. The Morgan fingerprint density at radius 1 is 1.05 bits per heavy atom. The van der Waals surface area contributed by atoms with E-state index in [2.05, 4.69) is 42.2 Å². The monoisotopic (exact) mass is 346 g/mol. The van der Waals surface area contributed by atoms with Crippen LogP contribution >= 0.6 is 15.9 Å². The molecule has 0 bridgehead atoms. The van der Waals surface area contributed by atoms with Crippen molar-refractivity contribution in [1.29, 1.82) is 0 Å². The van der Waals surface area contributed by atoms with Gasteiger partial charge < -0.3 is 4.74 Å². The fourth-order valence-corrected chi connectivity index (χ4v) is 2.74. The third-order valence-electron chi connectivity index (χ3n) is 3.61. The first-order chi connectivity index (χ1) is 10.1. The molecule has 0 saturated heterocycles. The van der Waals surface area contributed by atoms with E-state index in [1.807, 2.05) is 48.6 Å². The highest BCUT2D eigenvalue weighted by Crippen LogP contribution is 2.33. The summed E-state index contributed by atoms with van der Waals surface area (Å²) in [6.07, 6.45) is 9.10. The molecule has 1 aromatic rings. The van der Waals surface area contributed by atoms with E-state index in [0.717, 1.165) is 22.9 Å². The van der Waals surface area contributed by atoms with E-state index in [1.54, 1.807) is 0 Å². The third kappa shape index (κ3) is 4.55. The highest BCUT2D eigenvalue weighted by molar-refractivity contribution is 9.10. The van der Waals surface area contributed by atoms with Crippen molar-refractivity contribution in [3.05, 3.63) is 84.9 Å². The lowest BCUT2D eigenvalue weighted by atomic mass is 9.82. The maximum Gasteiger partial charge on any atom is 0.108 e. The average molecular weight is 347 g/mol. The summed E-state index contributed by atoms with van der Waals surface area (Å²) in [7, 11) is 0. The fraction of sp³-hybridized carbons (Fsp3) is 0.263. The molecule has 0 amide bonds. The normalized spacial score (nSPS) is 11.1.